The Morgan fingerprint density at radius 2 is 1.88 bits per heavy atom. The maximum Gasteiger partial charge on any atom is 0.0105 e. The molecule has 1 fully saturated rings. The number of hydrogen-bond acceptors (Lipinski definition) is 2. The fraction of sp³-hybridized carbons (Fsp3) is 0.500. The first-order valence-corrected chi connectivity index (χ1v) is 5.37. The molecule has 0 saturated carbocycles. The van der Waals surface area contributed by atoms with Crippen LogP contribution in [0.4, 0.5) is 0 Å². The van der Waals surface area contributed by atoms with Crippen molar-refractivity contribution in [1.29, 1.82) is 0 Å². The van der Waals surface area contributed by atoms with Gasteiger partial charge in [-0.15, -0.1) is 24.8 Å². The summed E-state index contributed by atoms with van der Waals surface area (Å²) in [4.78, 5) is 2.46. The van der Waals surface area contributed by atoms with Gasteiger partial charge in [0.15, 0.2) is 0 Å². The van der Waals surface area contributed by atoms with Crippen LogP contribution in [-0.2, 0) is 0 Å². The smallest absolute Gasteiger partial charge is 0.0105 e. The van der Waals surface area contributed by atoms with Crippen LogP contribution in [0.15, 0.2) is 30.3 Å². The second-order valence-electron chi connectivity index (χ2n) is 3.99. The third-order valence-corrected chi connectivity index (χ3v) is 2.99. The number of nitrogens with two attached hydrogens (primary N) is 1. The monoisotopic (exact) mass is 262 g/mol. The minimum absolute atomic E-state index is 0. The summed E-state index contributed by atoms with van der Waals surface area (Å²) in [6, 6.07) is 10.8. The Labute approximate surface area is 110 Å². The van der Waals surface area contributed by atoms with E-state index >= 15 is 0 Å². The summed E-state index contributed by atoms with van der Waals surface area (Å²) in [5, 5.41) is 0. The lowest BCUT2D eigenvalue weighted by Gasteiger charge is -2.14. The van der Waals surface area contributed by atoms with E-state index in [0.29, 0.717) is 0 Å². The zero-order valence-electron chi connectivity index (χ0n) is 9.34. The first-order chi connectivity index (χ1) is 6.90. The van der Waals surface area contributed by atoms with Crippen LogP contribution in [0, 0.1) is 0 Å². The minimum Gasteiger partial charge on any atom is -0.329 e. The molecule has 1 unspecified atom stereocenters. The molecule has 0 aliphatic carbocycles. The van der Waals surface area contributed by atoms with Crippen molar-refractivity contribution in [2.75, 3.05) is 26.2 Å². The number of hydrogen-bond donors (Lipinski definition) is 1. The summed E-state index contributed by atoms with van der Waals surface area (Å²) in [5.41, 5.74) is 7.03. The molecule has 0 bridgehead atoms. The topological polar surface area (TPSA) is 29.3 Å². The largest absolute Gasteiger partial charge is 0.329 e. The Bertz CT molecular complexity index is 280. The lowest BCUT2D eigenvalue weighted by molar-refractivity contribution is 0.344. The van der Waals surface area contributed by atoms with Crippen molar-refractivity contribution in [3.8, 4) is 0 Å². The van der Waals surface area contributed by atoms with Crippen molar-refractivity contribution in [2.24, 2.45) is 5.73 Å². The lowest BCUT2D eigenvalue weighted by atomic mass is 9.99. The Balaban J connectivity index is 0.00000112. The molecule has 4 heteroatoms. The fourth-order valence-electron chi connectivity index (χ4n) is 2.22. The van der Waals surface area contributed by atoms with Gasteiger partial charge in [0.25, 0.3) is 0 Å². The molecule has 0 radical (unpaired) electrons. The second kappa shape index (κ2) is 7.91. The molecule has 1 heterocycles. The highest BCUT2D eigenvalue weighted by Crippen LogP contribution is 2.26. The van der Waals surface area contributed by atoms with E-state index in [2.05, 4.69) is 35.2 Å². The molecule has 1 aliphatic heterocycles. The van der Waals surface area contributed by atoms with Crippen molar-refractivity contribution in [3.05, 3.63) is 35.9 Å². The van der Waals surface area contributed by atoms with Crippen LogP contribution in [0.1, 0.15) is 17.9 Å². The normalized spacial score (nSPS) is 19.9. The molecule has 0 aromatic heterocycles. The van der Waals surface area contributed by atoms with E-state index < -0.39 is 0 Å². The number of rotatable bonds is 3. The van der Waals surface area contributed by atoms with E-state index in [1.807, 2.05) is 0 Å². The first kappa shape index (κ1) is 15.7. The zero-order valence-corrected chi connectivity index (χ0v) is 11.0. The summed E-state index contributed by atoms with van der Waals surface area (Å²) in [7, 11) is 0. The van der Waals surface area contributed by atoms with Crippen molar-refractivity contribution < 1.29 is 0 Å². The minimum atomic E-state index is 0. The Kier molecular flexibility index (Phi) is 7.77. The number of likely N-dealkylation sites (tertiary alicyclic amines) is 1. The average molecular weight is 263 g/mol. The van der Waals surface area contributed by atoms with Gasteiger partial charge in [0.2, 0.25) is 0 Å². The molecular weight excluding hydrogens is 243 g/mol. The standard InChI is InChI=1S/C12H18N2.2ClH/c13-7-9-14-8-6-12(10-14)11-4-2-1-3-5-11;;/h1-5,12H,6-10,13H2;2*1H. The van der Waals surface area contributed by atoms with Crippen LogP contribution in [0.3, 0.4) is 0 Å². The summed E-state index contributed by atoms with van der Waals surface area (Å²) < 4.78 is 0. The van der Waals surface area contributed by atoms with Crippen molar-refractivity contribution in [2.45, 2.75) is 12.3 Å². The van der Waals surface area contributed by atoms with Crippen molar-refractivity contribution >= 4 is 24.8 Å². The Hall–Kier alpha value is -0.280. The molecule has 1 aromatic carbocycles. The van der Waals surface area contributed by atoms with Crippen molar-refractivity contribution in [1.82, 2.24) is 4.90 Å². The van der Waals surface area contributed by atoms with E-state index in [1.165, 1.54) is 25.1 Å². The summed E-state index contributed by atoms with van der Waals surface area (Å²) in [6.07, 6.45) is 1.28. The fourth-order valence-corrected chi connectivity index (χ4v) is 2.22. The van der Waals surface area contributed by atoms with Crippen LogP contribution >= 0.6 is 24.8 Å². The highest BCUT2D eigenvalue weighted by Gasteiger charge is 2.22. The average Bonchev–Trinajstić information content (AvgIpc) is 2.68. The first-order valence-electron chi connectivity index (χ1n) is 5.37. The van der Waals surface area contributed by atoms with Gasteiger partial charge < -0.3 is 10.6 Å². The molecule has 92 valence electrons. The van der Waals surface area contributed by atoms with E-state index in [-0.39, 0.29) is 24.8 Å². The number of nitrogens with zero attached hydrogens (tertiary/aromatic N) is 1. The third-order valence-electron chi connectivity index (χ3n) is 2.99. The maximum absolute atomic E-state index is 5.55. The maximum atomic E-state index is 5.55. The lowest BCUT2D eigenvalue weighted by Crippen LogP contribution is -2.26. The van der Waals surface area contributed by atoms with Crippen LogP contribution in [0.25, 0.3) is 0 Å². The molecule has 1 aromatic rings. The van der Waals surface area contributed by atoms with E-state index in [9.17, 15) is 0 Å². The van der Waals surface area contributed by atoms with Crippen LogP contribution in [-0.4, -0.2) is 31.1 Å². The van der Waals surface area contributed by atoms with Crippen LogP contribution in [0.5, 0.6) is 0 Å². The number of halogens is 2. The summed E-state index contributed by atoms with van der Waals surface area (Å²) in [6.45, 7) is 4.21. The van der Waals surface area contributed by atoms with Gasteiger partial charge in [0, 0.05) is 19.6 Å². The third kappa shape index (κ3) is 3.95. The van der Waals surface area contributed by atoms with Gasteiger partial charge in [0.05, 0.1) is 0 Å². The molecule has 0 spiro atoms. The van der Waals surface area contributed by atoms with Gasteiger partial charge in [-0.05, 0) is 24.4 Å². The molecule has 2 nitrogen and oxygen atoms in total. The van der Waals surface area contributed by atoms with Crippen LogP contribution < -0.4 is 5.73 Å². The summed E-state index contributed by atoms with van der Waals surface area (Å²) >= 11 is 0. The van der Waals surface area contributed by atoms with Crippen molar-refractivity contribution in [3.63, 3.8) is 0 Å². The highest BCUT2D eigenvalue weighted by molar-refractivity contribution is 5.85. The van der Waals surface area contributed by atoms with E-state index in [4.69, 9.17) is 5.73 Å². The molecule has 1 aliphatic rings. The van der Waals surface area contributed by atoms with Gasteiger partial charge in [-0.2, -0.15) is 0 Å². The molecule has 2 N–H and O–H groups in total. The van der Waals surface area contributed by atoms with E-state index in [0.717, 1.165) is 19.0 Å². The van der Waals surface area contributed by atoms with Gasteiger partial charge >= 0.3 is 0 Å². The van der Waals surface area contributed by atoms with Gasteiger partial charge in [0.1, 0.15) is 0 Å². The van der Waals surface area contributed by atoms with Gasteiger partial charge in [-0.25, -0.2) is 0 Å². The Morgan fingerprint density at radius 3 is 2.50 bits per heavy atom. The number of benzene rings is 1. The molecule has 1 saturated heterocycles. The predicted molar refractivity (Wildman–Crippen MR) is 73.8 cm³/mol. The highest BCUT2D eigenvalue weighted by atomic mass is 35.5. The Morgan fingerprint density at radius 1 is 1.19 bits per heavy atom. The SMILES string of the molecule is Cl.Cl.NCCN1CCC(c2ccccc2)C1. The molecule has 16 heavy (non-hydrogen) atoms. The molecule has 2 rings (SSSR count). The summed E-state index contributed by atoms with van der Waals surface area (Å²) in [5.74, 6) is 0.725. The molecular formula is C12H20Cl2N2. The predicted octanol–water partition coefficient (Wildman–Crippen LogP) is 2.28. The van der Waals surface area contributed by atoms with Gasteiger partial charge in [-0.3, -0.25) is 0 Å². The quantitative estimate of drug-likeness (QED) is 0.906. The molecule has 1 atom stereocenters. The van der Waals surface area contributed by atoms with Crippen LogP contribution in [0.2, 0.25) is 0 Å². The molecule has 0 amide bonds. The van der Waals surface area contributed by atoms with Gasteiger partial charge in [-0.1, -0.05) is 30.3 Å². The zero-order chi connectivity index (χ0) is 9.80. The van der Waals surface area contributed by atoms with E-state index in [1.54, 1.807) is 0 Å². The second-order valence-corrected chi connectivity index (χ2v) is 3.99.